The minimum Gasteiger partial charge on any atom is -0.380 e. The van der Waals surface area contributed by atoms with Crippen molar-refractivity contribution >= 4 is 33.0 Å². The first-order chi connectivity index (χ1) is 14.6. The molecule has 4 rings (SSSR count). The quantitative estimate of drug-likeness (QED) is 0.587. The minimum atomic E-state index is -0.323. The summed E-state index contributed by atoms with van der Waals surface area (Å²) in [5.41, 5.74) is 2.83. The fraction of sp³-hybridized carbons (Fsp3) is 0.348. The Bertz CT molecular complexity index is 1030. The van der Waals surface area contributed by atoms with Crippen LogP contribution in [-0.4, -0.2) is 51.3 Å². The Morgan fingerprint density at radius 1 is 1.20 bits per heavy atom. The van der Waals surface area contributed by atoms with Gasteiger partial charge in [0.15, 0.2) is 0 Å². The van der Waals surface area contributed by atoms with Crippen molar-refractivity contribution in [1.29, 1.82) is 0 Å². The number of ether oxygens (including phenoxy) is 2. The topological polar surface area (TPSA) is 42.0 Å². The van der Waals surface area contributed by atoms with Crippen LogP contribution in [0.2, 0.25) is 0 Å². The van der Waals surface area contributed by atoms with Crippen LogP contribution in [0.25, 0.3) is 10.1 Å². The Balaban J connectivity index is 1.52. The molecule has 0 unspecified atom stereocenters. The van der Waals surface area contributed by atoms with E-state index in [0.717, 1.165) is 36.6 Å². The van der Waals surface area contributed by atoms with Gasteiger partial charge in [0.25, 0.3) is 5.91 Å². The van der Waals surface area contributed by atoms with Crippen LogP contribution in [0, 0.1) is 5.82 Å². The van der Waals surface area contributed by atoms with Gasteiger partial charge in [-0.05, 0) is 29.8 Å². The lowest BCUT2D eigenvalue weighted by molar-refractivity contribution is 0.0785. The molecule has 1 aliphatic rings. The van der Waals surface area contributed by atoms with Crippen molar-refractivity contribution in [1.82, 2.24) is 4.90 Å². The van der Waals surface area contributed by atoms with Crippen LogP contribution in [0.5, 0.6) is 0 Å². The molecule has 1 saturated heterocycles. The molecular weight excluding hydrogens is 403 g/mol. The highest BCUT2D eigenvalue weighted by Gasteiger charge is 2.23. The molecule has 0 radical (unpaired) electrons. The summed E-state index contributed by atoms with van der Waals surface area (Å²) < 4.78 is 25.8. The van der Waals surface area contributed by atoms with Gasteiger partial charge >= 0.3 is 0 Å². The van der Waals surface area contributed by atoms with Crippen molar-refractivity contribution in [2.45, 2.75) is 13.2 Å². The maximum absolute atomic E-state index is 14.4. The van der Waals surface area contributed by atoms with Crippen molar-refractivity contribution in [2.24, 2.45) is 0 Å². The second-order valence-corrected chi connectivity index (χ2v) is 8.44. The van der Waals surface area contributed by atoms with E-state index in [4.69, 9.17) is 9.47 Å². The standard InChI is InChI=1S/C23H25FN2O3S/c1-25(14-16-6-8-17(9-7-16)26-10-12-29-13-11-26)23(27)22-18(15-28-2)21-19(24)4-3-5-20(21)30-22/h3-9H,10-15H2,1-2H3. The summed E-state index contributed by atoms with van der Waals surface area (Å²) in [4.78, 5) is 17.7. The third kappa shape index (κ3) is 4.19. The van der Waals surface area contributed by atoms with Crippen molar-refractivity contribution in [3.8, 4) is 0 Å². The van der Waals surface area contributed by atoms with Crippen LogP contribution in [0.1, 0.15) is 20.8 Å². The molecule has 5 nitrogen and oxygen atoms in total. The van der Waals surface area contributed by atoms with E-state index in [9.17, 15) is 9.18 Å². The highest BCUT2D eigenvalue weighted by molar-refractivity contribution is 7.21. The van der Waals surface area contributed by atoms with Crippen molar-refractivity contribution in [3.63, 3.8) is 0 Å². The Morgan fingerprint density at radius 3 is 2.63 bits per heavy atom. The first kappa shape index (κ1) is 20.8. The third-order valence-electron chi connectivity index (χ3n) is 5.33. The first-order valence-corrected chi connectivity index (χ1v) is 10.8. The third-order valence-corrected chi connectivity index (χ3v) is 6.51. The number of carbonyl (C=O) groups is 1. The summed E-state index contributed by atoms with van der Waals surface area (Å²) in [5.74, 6) is -0.448. The van der Waals surface area contributed by atoms with Crippen LogP contribution in [-0.2, 0) is 22.6 Å². The normalized spacial score (nSPS) is 14.3. The lowest BCUT2D eigenvalue weighted by Crippen LogP contribution is -2.36. The largest absolute Gasteiger partial charge is 0.380 e. The molecule has 1 aliphatic heterocycles. The summed E-state index contributed by atoms with van der Waals surface area (Å²) >= 11 is 1.32. The molecule has 0 atom stereocenters. The highest BCUT2D eigenvalue weighted by atomic mass is 32.1. The fourth-order valence-electron chi connectivity index (χ4n) is 3.77. The molecule has 3 aromatic rings. The molecule has 0 spiro atoms. The average Bonchev–Trinajstić information content (AvgIpc) is 3.14. The summed E-state index contributed by atoms with van der Waals surface area (Å²) in [6.07, 6.45) is 0. The average molecular weight is 429 g/mol. The van der Waals surface area contributed by atoms with E-state index in [0.29, 0.717) is 22.4 Å². The van der Waals surface area contributed by atoms with Crippen LogP contribution in [0.4, 0.5) is 10.1 Å². The number of morpholine rings is 1. The zero-order chi connectivity index (χ0) is 21.1. The second kappa shape index (κ2) is 9.12. The summed E-state index contributed by atoms with van der Waals surface area (Å²) in [6, 6.07) is 13.2. The Labute approximate surface area is 179 Å². The molecule has 1 fully saturated rings. The van der Waals surface area contributed by atoms with E-state index < -0.39 is 0 Å². The molecule has 0 N–H and O–H groups in total. The number of benzene rings is 2. The van der Waals surface area contributed by atoms with Gasteiger partial charge in [0, 0.05) is 55.1 Å². The SMILES string of the molecule is COCc1c(C(=O)N(C)Cc2ccc(N3CCOCC3)cc2)sc2cccc(F)c12. The maximum Gasteiger partial charge on any atom is 0.264 e. The van der Waals surface area contributed by atoms with Gasteiger partial charge < -0.3 is 19.3 Å². The smallest absolute Gasteiger partial charge is 0.264 e. The van der Waals surface area contributed by atoms with Gasteiger partial charge in [-0.15, -0.1) is 11.3 Å². The number of hydrogen-bond acceptors (Lipinski definition) is 5. The summed E-state index contributed by atoms with van der Waals surface area (Å²) in [6.45, 7) is 3.96. The lowest BCUT2D eigenvalue weighted by Gasteiger charge is -2.29. The molecule has 1 amide bonds. The number of amides is 1. The van der Waals surface area contributed by atoms with Gasteiger partial charge in [-0.25, -0.2) is 4.39 Å². The van der Waals surface area contributed by atoms with Crippen LogP contribution < -0.4 is 4.90 Å². The molecule has 2 aromatic carbocycles. The molecule has 0 aliphatic carbocycles. The Morgan fingerprint density at radius 2 is 1.93 bits per heavy atom. The molecular formula is C23H25FN2O3S. The van der Waals surface area contributed by atoms with E-state index in [2.05, 4.69) is 29.2 Å². The number of nitrogens with zero attached hydrogens (tertiary/aromatic N) is 2. The van der Waals surface area contributed by atoms with Gasteiger partial charge in [-0.1, -0.05) is 18.2 Å². The van der Waals surface area contributed by atoms with Gasteiger partial charge in [0.1, 0.15) is 5.82 Å². The van der Waals surface area contributed by atoms with Crippen LogP contribution in [0.15, 0.2) is 42.5 Å². The molecule has 0 saturated carbocycles. The minimum absolute atomic E-state index is 0.125. The number of rotatable bonds is 6. The maximum atomic E-state index is 14.4. The lowest BCUT2D eigenvalue weighted by atomic mass is 10.1. The first-order valence-electron chi connectivity index (χ1n) is 9.94. The van der Waals surface area contributed by atoms with E-state index >= 15 is 0 Å². The second-order valence-electron chi connectivity index (χ2n) is 7.38. The number of thiophene rings is 1. The van der Waals surface area contributed by atoms with Gasteiger partial charge in [-0.2, -0.15) is 0 Å². The highest BCUT2D eigenvalue weighted by Crippen LogP contribution is 2.34. The van der Waals surface area contributed by atoms with Crippen LogP contribution >= 0.6 is 11.3 Å². The van der Waals surface area contributed by atoms with E-state index in [-0.39, 0.29) is 18.3 Å². The molecule has 158 valence electrons. The zero-order valence-corrected chi connectivity index (χ0v) is 18.0. The predicted octanol–water partition coefficient (Wildman–Crippen LogP) is 4.30. The number of fused-ring (bicyclic) bond motifs is 1. The van der Waals surface area contributed by atoms with Gasteiger partial charge in [0.05, 0.1) is 24.7 Å². The summed E-state index contributed by atoms with van der Waals surface area (Å²) in [5, 5.41) is 0.482. The van der Waals surface area contributed by atoms with Crippen molar-refractivity contribution in [3.05, 3.63) is 64.3 Å². The number of carbonyl (C=O) groups excluding carboxylic acids is 1. The van der Waals surface area contributed by atoms with Crippen molar-refractivity contribution < 1.29 is 18.7 Å². The predicted molar refractivity (Wildman–Crippen MR) is 118 cm³/mol. The Kier molecular flexibility index (Phi) is 6.32. The van der Waals surface area contributed by atoms with Gasteiger partial charge in [0.2, 0.25) is 0 Å². The zero-order valence-electron chi connectivity index (χ0n) is 17.2. The number of anilines is 1. The number of halogens is 1. The summed E-state index contributed by atoms with van der Waals surface area (Å²) in [7, 11) is 3.33. The van der Waals surface area contributed by atoms with E-state index in [1.807, 2.05) is 6.07 Å². The molecule has 30 heavy (non-hydrogen) atoms. The van der Waals surface area contributed by atoms with Gasteiger partial charge in [-0.3, -0.25) is 4.79 Å². The molecule has 0 bridgehead atoms. The fourth-order valence-corrected chi connectivity index (χ4v) is 4.99. The van der Waals surface area contributed by atoms with Crippen molar-refractivity contribution in [2.75, 3.05) is 45.4 Å². The molecule has 7 heteroatoms. The van der Waals surface area contributed by atoms with Crippen LogP contribution in [0.3, 0.4) is 0 Å². The molecule has 2 heterocycles. The monoisotopic (exact) mass is 428 g/mol. The van der Waals surface area contributed by atoms with E-state index in [1.165, 1.54) is 23.1 Å². The van der Waals surface area contributed by atoms with E-state index in [1.54, 1.807) is 25.1 Å². The number of methoxy groups -OCH3 is 1. The Hall–Kier alpha value is -2.48. The number of hydrogen-bond donors (Lipinski definition) is 0. The molecule has 1 aromatic heterocycles.